The minimum absolute atomic E-state index is 0.294. The first kappa shape index (κ1) is 11.7. The summed E-state index contributed by atoms with van der Waals surface area (Å²) in [6, 6.07) is 7.11. The van der Waals surface area contributed by atoms with Crippen LogP contribution in [0.25, 0.3) is 28.1 Å². The van der Waals surface area contributed by atoms with Crippen molar-refractivity contribution in [2.75, 3.05) is 0 Å². The molecule has 0 bridgehead atoms. The second-order valence-corrected chi connectivity index (χ2v) is 5.01. The predicted octanol–water partition coefficient (Wildman–Crippen LogP) is 3.84. The fourth-order valence-electron chi connectivity index (χ4n) is 2.04. The standard InChI is InChI=1S/C13H6Cl2N4O/c14-8-1-2-9-10(5-8)19-13(11(15)16-9)17-12(18-19)7-3-4-20-6-7/h1-6H. The Labute approximate surface area is 122 Å². The van der Waals surface area contributed by atoms with Crippen molar-refractivity contribution in [3.63, 3.8) is 0 Å². The first-order valence-corrected chi connectivity index (χ1v) is 6.52. The van der Waals surface area contributed by atoms with E-state index in [1.807, 2.05) is 0 Å². The number of benzene rings is 1. The first-order chi connectivity index (χ1) is 9.72. The second kappa shape index (κ2) is 4.19. The lowest BCUT2D eigenvalue weighted by Crippen LogP contribution is -1.94. The van der Waals surface area contributed by atoms with Crippen molar-refractivity contribution in [1.82, 2.24) is 19.6 Å². The van der Waals surface area contributed by atoms with Gasteiger partial charge in [-0.15, -0.1) is 5.10 Å². The van der Waals surface area contributed by atoms with Crippen LogP contribution in [-0.4, -0.2) is 19.6 Å². The largest absolute Gasteiger partial charge is 0.472 e. The third kappa shape index (κ3) is 1.67. The number of hydrogen-bond acceptors (Lipinski definition) is 4. The van der Waals surface area contributed by atoms with Crippen LogP contribution in [0.4, 0.5) is 0 Å². The quantitative estimate of drug-likeness (QED) is 0.536. The smallest absolute Gasteiger partial charge is 0.194 e. The first-order valence-electron chi connectivity index (χ1n) is 5.76. The van der Waals surface area contributed by atoms with Crippen molar-refractivity contribution in [3.05, 3.63) is 47.0 Å². The summed E-state index contributed by atoms with van der Waals surface area (Å²) in [5.41, 5.74) is 2.72. The van der Waals surface area contributed by atoms with Gasteiger partial charge in [-0.1, -0.05) is 23.2 Å². The summed E-state index contributed by atoms with van der Waals surface area (Å²) in [5, 5.41) is 5.34. The van der Waals surface area contributed by atoms with Gasteiger partial charge in [-0.05, 0) is 24.3 Å². The van der Waals surface area contributed by atoms with Gasteiger partial charge >= 0.3 is 0 Å². The Kier molecular flexibility index (Phi) is 2.45. The molecule has 0 N–H and O–H groups in total. The Balaban J connectivity index is 2.12. The molecule has 4 aromatic rings. The van der Waals surface area contributed by atoms with E-state index in [1.54, 1.807) is 41.3 Å². The van der Waals surface area contributed by atoms with Crippen molar-refractivity contribution < 1.29 is 4.42 Å². The molecule has 98 valence electrons. The van der Waals surface area contributed by atoms with E-state index >= 15 is 0 Å². The van der Waals surface area contributed by atoms with Crippen molar-refractivity contribution in [2.24, 2.45) is 0 Å². The molecule has 4 rings (SSSR count). The van der Waals surface area contributed by atoms with Crippen molar-refractivity contribution in [1.29, 1.82) is 0 Å². The van der Waals surface area contributed by atoms with E-state index in [9.17, 15) is 0 Å². The average molecular weight is 305 g/mol. The summed E-state index contributed by atoms with van der Waals surface area (Å²) in [4.78, 5) is 8.69. The van der Waals surface area contributed by atoms with E-state index in [4.69, 9.17) is 27.6 Å². The van der Waals surface area contributed by atoms with Gasteiger partial charge in [0.15, 0.2) is 16.6 Å². The molecule has 0 saturated heterocycles. The van der Waals surface area contributed by atoms with Crippen LogP contribution in [-0.2, 0) is 0 Å². The maximum atomic E-state index is 6.16. The third-order valence-electron chi connectivity index (χ3n) is 2.96. The lowest BCUT2D eigenvalue weighted by atomic mass is 10.3. The molecule has 20 heavy (non-hydrogen) atoms. The molecule has 0 aliphatic carbocycles. The van der Waals surface area contributed by atoms with E-state index in [2.05, 4.69) is 15.1 Å². The SMILES string of the molecule is Clc1ccc2nc(Cl)c3nc(-c4ccoc4)nn3c2c1. The maximum Gasteiger partial charge on any atom is 0.194 e. The average Bonchev–Trinajstić information content (AvgIpc) is 3.08. The molecule has 1 aromatic carbocycles. The highest BCUT2D eigenvalue weighted by Gasteiger charge is 2.14. The molecular formula is C13H6Cl2N4O. The molecule has 5 nitrogen and oxygen atoms in total. The minimum Gasteiger partial charge on any atom is -0.472 e. The van der Waals surface area contributed by atoms with E-state index < -0.39 is 0 Å². The highest BCUT2D eigenvalue weighted by molar-refractivity contribution is 6.33. The fraction of sp³-hybridized carbons (Fsp3) is 0. The van der Waals surface area contributed by atoms with Gasteiger partial charge in [-0.3, -0.25) is 0 Å². The molecule has 3 heterocycles. The summed E-state index contributed by atoms with van der Waals surface area (Å²) in [5.74, 6) is 0.523. The van der Waals surface area contributed by atoms with E-state index in [0.29, 0.717) is 27.2 Å². The van der Waals surface area contributed by atoms with E-state index in [0.717, 1.165) is 11.1 Å². The zero-order valence-corrected chi connectivity index (χ0v) is 11.4. The molecular weight excluding hydrogens is 299 g/mol. The van der Waals surface area contributed by atoms with Crippen LogP contribution >= 0.6 is 23.2 Å². The number of fused-ring (bicyclic) bond motifs is 3. The van der Waals surface area contributed by atoms with Gasteiger partial charge in [-0.2, -0.15) is 0 Å². The molecule has 0 radical (unpaired) electrons. The van der Waals surface area contributed by atoms with Crippen molar-refractivity contribution in [2.45, 2.75) is 0 Å². The highest BCUT2D eigenvalue weighted by atomic mass is 35.5. The van der Waals surface area contributed by atoms with Crippen LogP contribution in [0, 0.1) is 0 Å². The van der Waals surface area contributed by atoms with Gasteiger partial charge in [-0.25, -0.2) is 14.5 Å². The molecule has 0 spiro atoms. The van der Waals surface area contributed by atoms with Crippen LogP contribution in [0.3, 0.4) is 0 Å². The molecule has 3 aromatic heterocycles. The van der Waals surface area contributed by atoms with Gasteiger partial charge in [0, 0.05) is 5.02 Å². The summed E-state index contributed by atoms with van der Waals surface area (Å²) in [6.07, 6.45) is 3.14. The Bertz CT molecular complexity index is 931. The molecule has 0 saturated carbocycles. The zero-order chi connectivity index (χ0) is 13.7. The normalized spacial score (nSPS) is 11.5. The summed E-state index contributed by atoms with van der Waals surface area (Å²) in [6.45, 7) is 0. The topological polar surface area (TPSA) is 56.2 Å². The molecule has 0 atom stereocenters. The summed E-state index contributed by atoms with van der Waals surface area (Å²) in [7, 11) is 0. The van der Waals surface area contributed by atoms with Gasteiger partial charge in [0.1, 0.15) is 6.26 Å². The Morgan fingerprint density at radius 1 is 1.10 bits per heavy atom. The van der Waals surface area contributed by atoms with Crippen LogP contribution in [0.15, 0.2) is 41.2 Å². The monoisotopic (exact) mass is 304 g/mol. The number of aromatic nitrogens is 4. The summed E-state index contributed by atoms with van der Waals surface area (Å²) >= 11 is 12.2. The number of nitrogens with zero attached hydrogens (tertiary/aromatic N) is 4. The minimum atomic E-state index is 0.294. The van der Waals surface area contributed by atoms with Gasteiger partial charge < -0.3 is 4.42 Å². The summed E-state index contributed by atoms with van der Waals surface area (Å²) < 4.78 is 6.68. The van der Waals surface area contributed by atoms with Gasteiger partial charge in [0.25, 0.3) is 0 Å². The molecule has 0 aliphatic rings. The van der Waals surface area contributed by atoms with Crippen molar-refractivity contribution >= 4 is 39.9 Å². The zero-order valence-electron chi connectivity index (χ0n) is 9.92. The number of halogens is 2. The number of rotatable bonds is 1. The van der Waals surface area contributed by atoms with Crippen LogP contribution in [0.5, 0.6) is 0 Å². The third-order valence-corrected chi connectivity index (χ3v) is 3.44. The van der Waals surface area contributed by atoms with Crippen LogP contribution in [0.2, 0.25) is 10.2 Å². The molecule has 0 fully saturated rings. The van der Waals surface area contributed by atoms with E-state index in [1.165, 1.54) is 0 Å². The second-order valence-electron chi connectivity index (χ2n) is 4.22. The van der Waals surface area contributed by atoms with Gasteiger partial charge in [0.2, 0.25) is 0 Å². The van der Waals surface area contributed by atoms with Gasteiger partial charge in [0.05, 0.1) is 22.9 Å². The maximum absolute atomic E-state index is 6.16. The Morgan fingerprint density at radius 3 is 2.80 bits per heavy atom. The van der Waals surface area contributed by atoms with Crippen LogP contribution in [0.1, 0.15) is 0 Å². The fourth-order valence-corrected chi connectivity index (χ4v) is 2.42. The Hall–Kier alpha value is -2.11. The molecule has 7 heteroatoms. The molecule has 0 aliphatic heterocycles. The predicted molar refractivity (Wildman–Crippen MR) is 76.0 cm³/mol. The lowest BCUT2D eigenvalue weighted by Gasteiger charge is -2.01. The molecule has 0 amide bonds. The lowest BCUT2D eigenvalue weighted by molar-refractivity contribution is 0.568. The highest BCUT2D eigenvalue weighted by Crippen LogP contribution is 2.25. The van der Waals surface area contributed by atoms with Crippen LogP contribution < -0.4 is 0 Å². The van der Waals surface area contributed by atoms with Crippen molar-refractivity contribution in [3.8, 4) is 11.4 Å². The molecule has 0 unspecified atom stereocenters. The Morgan fingerprint density at radius 2 is 2.00 bits per heavy atom. The number of furan rings is 1. The van der Waals surface area contributed by atoms with E-state index in [-0.39, 0.29) is 0 Å². The number of hydrogen-bond donors (Lipinski definition) is 0.